The Morgan fingerprint density at radius 3 is 1.67 bits per heavy atom. The van der Waals surface area contributed by atoms with E-state index in [4.69, 9.17) is 0 Å². The predicted octanol–water partition coefficient (Wildman–Crippen LogP) is 11.4. The SMILES string of the molecule is CC(C)(C)C1c2ccccc2-c2cc(-c3cccc(C(c4ccccc4)c4ccc(-c5ccccc5)cc4)c3)ccc21. The Hall–Kier alpha value is -4.68. The lowest BCUT2D eigenvalue weighted by molar-refractivity contribution is 0.363. The van der Waals surface area contributed by atoms with Gasteiger partial charge in [-0.25, -0.2) is 0 Å². The van der Waals surface area contributed by atoms with Crippen LogP contribution in [0.2, 0.25) is 0 Å². The summed E-state index contributed by atoms with van der Waals surface area (Å²) in [6, 6.07) is 55.9. The minimum absolute atomic E-state index is 0.149. The highest BCUT2D eigenvalue weighted by molar-refractivity contribution is 5.83. The molecule has 0 heteroatoms. The molecular weight excluding hydrogens is 504 g/mol. The lowest BCUT2D eigenvalue weighted by Gasteiger charge is -2.29. The summed E-state index contributed by atoms with van der Waals surface area (Å²) in [6.07, 6.45) is 0. The van der Waals surface area contributed by atoms with Crippen LogP contribution in [0.1, 0.15) is 60.4 Å². The first-order valence-corrected chi connectivity index (χ1v) is 15.0. The fourth-order valence-corrected chi connectivity index (χ4v) is 6.93. The van der Waals surface area contributed by atoms with Gasteiger partial charge in [-0.15, -0.1) is 0 Å². The highest BCUT2D eigenvalue weighted by Gasteiger charge is 2.36. The largest absolute Gasteiger partial charge is 0.0622 e. The van der Waals surface area contributed by atoms with Crippen LogP contribution in [0.4, 0.5) is 0 Å². The smallest absolute Gasteiger partial charge is 0.0340 e. The van der Waals surface area contributed by atoms with Crippen molar-refractivity contribution < 1.29 is 0 Å². The van der Waals surface area contributed by atoms with Crippen LogP contribution in [0.25, 0.3) is 33.4 Å². The maximum atomic E-state index is 2.42. The van der Waals surface area contributed by atoms with E-state index in [0.717, 1.165) is 0 Å². The monoisotopic (exact) mass is 540 g/mol. The maximum absolute atomic E-state index is 2.42. The molecule has 6 aromatic rings. The van der Waals surface area contributed by atoms with E-state index in [0.29, 0.717) is 5.92 Å². The van der Waals surface area contributed by atoms with E-state index in [-0.39, 0.29) is 11.3 Å². The Bertz CT molecular complexity index is 1840. The molecular formula is C42H36. The lowest BCUT2D eigenvalue weighted by atomic mass is 9.75. The van der Waals surface area contributed by atoms with Crippen LogP contribution in [0.15, 0.2) is 152 Å². The zero-order valence-electron chi connectivity index (χ0n) is 24.6. The van der Waals surface area contributed by atoms with Crippen LogP contribution >= 0.6 is 0 Å². The van der Waals surface area contributed by atoms with Crippen molar-refractivity contribution in [3.63, 3.8) is 0 Å². The summed E-state index contributed by atoms with van der Waals surface area (Å²) in [5.41, 5.74) is 14.7. The zero-order chi connectivity index (χ0) is 28.7. The van der Waals surface area contributed by atoms with Crippen LogP contribution in [-0.2, 0) is 0 Å². The molecule has 7 rings (SSSR count). The van der Waals surface area contributed by atoms with E-state index >= 15 is 0 Å². The Morgan fingerprint density at radius 2 is 0.929 bits per heavy atom. The molecule has 0 N–H and O–H groups in total. The van der Waals surface area contributed by atoms with Gasteiger partial charge in [-0.1, -0.05) is 166 Å². The lowest BCUT2D eigenvalue weighted by Crippen LogP contribution is -2.17. The first-order chi connectivity index (χ1) is 20.5. The highest BCUT2D eigenvalue weighted by atomic mass is 14.4. The average Bonchev–Trinajstić information content (AvgIpc) is 3.37. The highest BCUT2D eigenvalue weighted by Crippen LogP contribution is 2.53. The summed E-state index contributed by atoms with van der Waals surface area (Å²) in [5, 5.41) is 0. The molecule has 0 spiro atoms. The first kappa shape index (κ1) is 26.2. The van der Waals surface area contributed by atoms with Crippen molar-refractivity contribution in [2.45, 2.75) is 32.6 Å². The van der Waals surface area contributed by atoms with Gasteiger partial charge in [0.1, 0.15) is 0 Å². The van der Waals surface area contributed by atoms with E-state index in [1.165, 1.54) is 61.2 Å². The molecule has 204 valence electrons. The van der Waals surface area contributed by atoms with Crippen LogP contribution in [-0.4, -0.2) is 0 Å². The molecule has 2 atom stereocenters. The molecule has 0 saturated heterocycles. The third-order valence-electron chi connectivity index (χ3n) is 8.83. The van der Waals surface area contributed by atoms with Crippen molar-refractivity contribution >= 4 is 0 Å². The van der Waals surface area contributed by atoms with Crippen molar-refractivity contribution in [2.75, 3.05) is 0 Å². The van der Waals surface area contributed by atoms with Gasteiger partial charge < -0.3 is 0 Å². The Morgan fingerprint density at radius 1 is 0.405 bits per heavy atom. The van der Waals surface area contributed by atoms with E-state index in [2.05, 4.69) is 172 Å². The molecule has 0 bridgehead atoms. The Labute approximate surface area is 250 Å². The summed E-state index contributed by atoms with van der Waals surface area (Å²) in [7, 11) is 0. The molecule has 0 aromatic heterocycles. The van der Waals surface area contributed by atoms with E-state index in [1.807, 2.05) is 0 Å². The van der Waals surface area contributed by atoms with Gasteiger partial charge in [0.2, 0.25) is 0 Å². The third kappa shape index (κ3) is 4.78. The molecule has 6 aromatic carbocycles. The summed E-state index contributed by atoms with van der Waals surface area (Å²) >= 11 is 0. The molecule has 0 heterocycles. The summed E-state index contributed by atoms with van der Waals surface area (Å²) < 4.78 is 0. The minimum atomic E-state index is 0.149. The molecule has 0 radical (unpaired) electrons. The van der Waals surface area contributed by atoms with Crippen LogP contribution in [0.5, 0.6) is 0 Å². The van der Waals surface area contributed by atoms with Crippen LogP contribution < -0.4 is 0 Å². The predicted molar refractivity (Wildman–Crippen MR) is 178 cm³/mol. The number of fused-ring (bicyclic) bond motifs is 3. The number of hydrogen-bond acceptors (Lipinski definition) is 0. The number of benzene rings is 6. The Balaban J connectivity index is 1.30. The van der Waals surface area contributed by atoms with E-state index in [1.54, 1.807) is 0 Å². The molecule has 0 amide bonds. The van der Waals surface area contributed by atoms with Crippen molar-refractivity contribution in [1.82, 2.24) is 0 Å². The van der Waals surface area contributed by atoms with E-state index in [9.17, 15) is 0 Å². The second-order valence-electron chi connectivity index (χ2n) is 12.6. The van der Waals surface area contributed by atoms with Gasteiger partial charge in [-0.2, -0.15) is 0 Å². The van der Waals surface area contributed by atoms with Crippen molar-refractivity contribution in [1.29, 1.82) is 0 Å². The van der Waals surface area contributed by atoms with Gasteiger partial charge in [-0.3, -0.25) is 0 Å². The number of rotatable bonds is 5. The fraction of sp³-hybridized carbons (Fsp3) is 0.143. The molecule has 2 unspecified atom stereocenters. The van der Waals surface area contributed by atoms with Crippen molar-refractivity contribution in [3.8, 4) is 33.4 Å². The van der Waals surface area contributed by atoms with Gasteiger partial charge in [-0.05, 0) is 72.7 Å². The maximum Gasteiger partial charge on any atom is 0.0340 e. The van der Waals surface area contributed by atoms with Gasteiger partial charge in [0.05, 0.1) is 0 Å². The molecule has 0 aliphatic heterocycles. The molecule has 42 heavy (non-hydrogen) atoms. The minimum Gasteiger partial charge on any atom is -0.0622 e. The topological polar surface area (TPSA) is 0 Å². The van der Waals surface area contributed by atoms with E-state index < -0.39 is 0 Å². The van der Waals surface area contributed by atoms with Gasteiger partial charge in [0, 0.05) is 11.8 Å². The van der Waals surface area contributed by atoms with Crippen molar-refractivity contribution in [3.05, 3.63) is 179 Å². The quantitative estimate of drug-likeness (QED) is 0.191. The first-order valence-electron chi connectivity index (χ1n) is 15.0. The summed E-state index contributed by atoms with van der Waals surface area (Å²) in [6.45, 7) is 7.07. The summed E-state index contributed by atoms with van der Waals surface area (Å²) in [4.78, 5) is 0. The normalized spacial score (nSPS) is 14.7. The molecule has 1 aliphatic rings. The molecule has 0 nitrogen and oxygen atoms in total. The van der Waals surface area contributed by atoms with Crippen LogP contribution in [0.3, 0.4) is 0 Å². The third-order valence-corrected chi connectivity index (χ3v) is 8.83. The standard InChI is InChI=1S/C42H36/c1-42(2,3)41-37-20-11-10-19-36(37)39-28-34(25-26-38(39)41)33-17-12-18-35(27-33)40(31-15-8-5-9-16-31)32-23-21-30(22-24-32)29-13-6-4-7-14-29/h4-28,40-41H,1-3H3. The van der Waals surface area contributed by atoms with Crippen molar-refractivity contribution in [2.24, 2.45) is 5.41 Å². The van der Waals surface area contributed by atoms with Gasteiger partial charge in [0.25, 0.3) is 0 Å². The average molecular weight is 541 g/mol. The molecule has 0 fully saturated rings. The van der Waals surface area contributed by atoms with Gasteiger partial charge >= 0.3 is 0 Å². The number of hydrogen-bond donors (Lipinski definition) is 0. The van der Waals surface area contributed by atoms with Gasteiger partial charge in [0.15, 0.2) is 0 Å². The fourth-order valence-electron chi connectivity index (χ4n) is 6.93. The second-order valence-corrected chi connectivity index (χ2v) is 12.6. The summed E-state index contributed by atoms with van der Waals surface area (Å²) in [5.74, 6) is 0.557. The Kier molecular flexibility index (Phi) is 6.63. The second kappa shape index (κ2) is 10.6. The molecule has 1 aliphatic carbocycles. The molecule has 0 saturated carbocycles. The zero-order valence-corrected chi connectivity index (χ0v) is 24.6. The van der Waals surface area contributed by atoms with Crippen LogP contribution in [0, 0.1) is 5.41 Å².